The van der Waals surface area contributed by atoms with Crippen LogP contribution in [0.15, 0.2) is 24.5 Å². The fourth-order valence-electron chi connectivity index (χ4n) is 1.20. The van der Waals surface area contributed by atoms with Crippen molar-refractivity contribution < 1.29 is 9.59 Å². The Morgan fingerprint density at radius 1 is 0.955 bits per heavy atom. The first-order valence-electron chi connectivity index (χ1n) is 5.88. The van der Waals surface area contributed by atoms with Gasteiger partial charge in [0.25, 0.3) is 0 Å². The van der Waals surface area contributed by atoms with Gasteiger partial charge >= 0.3 is 0 Å². The van der Waals surface area contributed by atoms with E-state index in [2.05, 4.69) is 31.0 Å². The van der Waals surface area contributed by atoms with Crippen LogP contribution < -0.4 is 10.6 Å². The summed E-state index contributed by atoms with van der Waals surface area (Å²) >= 11 is 11.1. The first-order valence-corrected chi connectivity index (χ1v) is 6.64. The molecule has 2 rings (SSSR count). The summed E-state index contributed by atoms with van der Waals surface area (Å²) < 4.78 is 0. The molecule has 2 heterocycles. The average molecular weight is 343 g/mol. The van der Waals surface area contributed by atoms with Gasteiger partial charge in [-0.15, -0.1) is 10.2 Å². The molecule has 0 atom stereocenters. The molecule has 0 aliphatic carbocycles. The molecule has 2 amide bonds. The number of anilines is 2. The number of carbonyl (C=O) groups is 2. The second-order valence-electron chi connectivity index (χ2n) is 3.89. The van der Waals surface area contributed by atoms with Gasteiger partial charge in [-0.25, -0.2) is 0 Å². The molecule has 0 radical (unpaired) electrons. The maximum Gasteiger partial charge on any atom is 0.222 e. The number of nitrogens with one attached hydrogen (secondary N) is 2. The predicted molar refractivity (Wildman–Crippen MR) is 82.7 cm³/mol. The fourth-order valence-corrected chi connectivity index (χ4v) is 1.50. The summed E-state index contributed by atoms with van der Waals surface area (Å²) in [5.74, 6) is 0.0145. The lowest BCUT2D eigenvalue weighted by molar-refractivity contribution is -0.115. The number of rotatable bonds is 2. The van der Waals surface area contributed by atoms with Gasteiger partial charge in [-0.05, 0) is 0 Å². The second-order valence-corrected chi connectivity index (χ2v) is 4.71. The Morgan fingerprint density at radius 2 is 1.59 bits per heavy atom. The minimum Gasteiger partial charge on any atom is -0.325 e. The van der Waals surface area contributed by atoms with Gasteiger partial charge in [0.15, 0.2) is 11.0 Å². The van der Waals surface area contributed by atoms with E-state index in [1.54, 1.807) is 0 Å². The molecule has 8 nitrogen and oxygen atoms in total. The molecule has 0 bridgehead atoms. The van der Waals surface area contributed by atoms with Gasteiger partial charge < -0.3 is 10.6 Å². The molecule has 2 aromatic rings. The van der Waals surface area contributed by atoms with Gasteiger partial charge in [-0.3, -0.25) is 9.59 Å². The van der Waals surface area contributed by atoms with Crippen LogP contribution in [0.25, 0.3) is 0 Å². The van der Waals surface area contributed by atoms with Crippen molar-refractivity contribution in [3.05, 3.63) is 34.7 Å². The van der Waals surface area contributed by atoms with Gasteiger partial charge in [0, 0.05) is 26.0 Å². The molecule has 0 unspecified atom stereocenters. The Bertz CT molecular complexity index is 610. The van der Waals surface area contributed by atoms with E-state index in [0.29, 0.717) is 16.5 Å². The van der Waals surface area contributed by atoms with E-state index in [1.165, 1.54) is 38.4 Å². The standard InChI is InChI=1S/2C6H6ClN3O/c1-4(11)9-5-2-6(7)10-8-3-5;1-4(11)9-6-2-5(7)3-8-10-6/h2*2-3H,1H3,(H,9,10,11). The quantitative estimate of drug-likeness (QED) is 0.865. The van der Waals surface area contributed by atoms with Crippen LogP contribution in [-0.2, 0) is 9.59 Å². The van der Waals surface area contributed by atoms with Gasteiger partial charge in [-0.1, -0.05) is 23.2 Å². The highest BCUT2D eigenvalue weighted by molar-refractivity contribution is 6.30. The highest BCUT2D eigenvalue weighted by Gasteiger charge is 1.97. The minimum atomic E-state index is -0.193. The summed E-state index contributed by atoms with van der Waals surface area (Å²) in [6.07, 6.45) is 2.82. The molecular formula is C12H12Cl2N6O2. The summed E-state index contributed by atoms with van der Waals surface area (Å²) in [7, 11) is 0. The molecule has 0 fully saturated rings. The molecule has 0 aliphatic heterocycles. The number of hydrogen-bond acceptors (Lipinski definition) is 6. The number of halogens is 2. The summed E-state index contributed by atoms with van der Waals surface area (Å²) in [4.78, 5) is 21.0. The number of amides is 2. The van der Waals surface area contributed by atoms with Crippen molar-refractivity contribution in [2.45, 2.75) is 13.8 Å². The molecule has 0 saturated heterocycles. The van der Waals surface area contributed by atoms with Crippen LogP contribution in [0.4, 0.5) is 11.5 Å². The van der Waals surface area contributed by atoms with Gasteiger partial charge in [0.05, 0.1) is 23.1 Å². The van der Waals surface area contributed by atoms with Gasteiger partial charge in [0.2, 0.25) is 11.8 Å². The summed E-state index contributed by atoms with van der Waals surface area (Å²) in [6, 6.07) is 3.05. The smallest absolute Gasteiger partial charge is 0.222 e. The van der Waals surface area contributed by atoms with Crippen molar-refractivity contribution in [3.63, 3.8) is 0 Å². The third-order valence-electron chi connectivity index (χ3n) is 1.87. The van der Waals surface area contributed by atoms with Crippen LogP contribution in [0.2, 0.25) is 10.2 Å². The van der Waals surface area contributed by atoms with Crippen molar-refractivity contribution in [3.8, 4) is 0 Å². The summed E-state index contributed by atoms with van der Waals surface area (Å²) in [6.45, 7) is 2.80. The zero-order chi connectivity index (χ0) is 16.5. The maximum atomic E-state index is 10.5. The molecular weight excluding hydrogens is 331 g/mol. The second kappa shape index (κ2) is 8.85. The molecule has 0 aliphatic rings. The fraction of sp³-hybridized carbons (Fsp3) is 0.167. The van der Waals surface area contributed by atoms with Crippen LogP contribution in [-0.4, -0.2) is 32.2 Å². The van der Waals surface area contributed by atoms with E-state index in [0.717, 1.165) is 0 Å². The zero-order valence-electron chi connectivity index (χ0n) is 11.7. The van der Waals surface area contributed by atoms with Crippen LogP contribution in [0.1, 0.15) is 13.8 Å². The number of nitrogens with zero attached hydrogens (tertiary/aromatic N) is 4. The van der Waals surface area contributed by atoms with E-state index in [1.807, 2.05) is 0 Å². The Labute approximate surface area is 136 Å². The van der Waals surface area contributed by atoms with Crippen LogP contribution in [0.5, 0.6) is 0 Å². The van der Waals surface area contributed by atoms with Crippen molar-refractivity contribution in [1.82, 2.24) is 20.4 Å². The summed E-state index contributed by atoms with van der Waals surface area (Å²) in [5, 5.41) is 19.9. The zero-order valence-corrected chi connectivity index (χ0v) is 13.2. The van der Waals surface area contributed by atoms with Crippen molar-refractivity contribution >= 4 is 46.5 Å². The number of aromatic nitrogens is 4. The van der Waals surface area contributed by atoms with Gasteiger partial charge in [-0.2, -0.15) is 10.2 Å². The first-order chi connectivity index (χ1) is 10.4. The SMILES string of the molecule is CC(=O)Nc1cc(Cl)cnn1.CC(=O)Nc1cnnc(Cl)c1. The predicted octanol–water partition coefficient (Wildman–Crippen LogP) is 2.18. The lowest BCUT2D eigenvalue weighted by Gasteiger charge is -1.98. The van der Waals surface area contributed by atoms with Gasteiger partial charge in [0.1, 0.15) is 0 Å². The Balaban J connectivity index is 0.000000220. The topological polar surface area (TPSA) is 110 Å². The normalized spacial score (nSPS) is 9.27. The average Bonchev–Trinajstić information content (AvgIpc) is 2.37. The summed E-state index contributed by atoms with van der Waals surface area (Å²) in [5.41, 5.74) is 0.553. The van der Waals surface area contributed by atoms with E-state index < -0.39 is 0 Å². The molecule has 0 aromatic carbocycles. The Morgan fingerprint density at radius 3 is 2.14 bits per heavy atom. The van der Waals surface area contributed by atoms with Crippen LogP contribution in [0.3, 0.4) is 0 Å². The highest BCUT2D eigenvalue weighted by Crippen LogP contribution is 2.10. The van der Waals surface area contributed by atoms with Crippen LogP contribution in [0, 0.1) is 0 Å². The Hall–Kier alpha value is -2.32. The van der Waals surface area contributed by atoms with E-state index in [4.69, 9.17) is 23.2 Å². The Kier molecular flexibility index (Phi) is 7.14. The molecule has 0 saturated carbocycles. The number of carbonyl (C=O) groups excluding carboxylic acids is 2. The first kappa shape index (κ1) is 17.7. The highest BCUT2D eigenvalue weighted by atomic mass is 35.5. The molecule has 10 heteroatoms. The molecule has 2 N–H and O–H groups in total. The van der Waals surface area contributed by atoms with E-state index in [9.17, 15) is 9.59 Å². The third-order valence-corrected chi connectivity index (χ3v) is 2.26. The maximum absolute atomic E-state index is 10.5. The molecule has 22 heavy (non-hydrogen) atoms. The van der Waals surface area contributed by atoms with Crippen molar-refractivity contribution in [2.24, 2.45) is 0 Å². The van der Waals surface area contributed by atoms with Crippen molar-refractivity contribution in [1.29, 1.82) is 0 Å². The molecule has 0 spiro atoms. The van der Waals surface area contributed by atoms with Crippen LogP contribution >= 0.6 is 23.2 Å². The molecule has 116 valence electrons. The van der Waals surface area contributed by atoms with E-state index in [-0.39, 0.29) is 17.0 Å². The third kappa shape index (κ3) is 7.46. The lowest BCUT2D eigenvalue weighted by Crippen LogP contribution is -2.07. The van der Waals surface area contributed by atoms with E-state index >= 15 is 0 Å². The minimum absolute atomic E-state index is 0.158. The monoisotopic (exact) mass is 342 g/mol. The lowest BCUT2D eigenvalue weighted by atomic mass is 10.4. The number of hydrogen-bond donors (Lipinski definition) is 2. The molecule has 2 aromatic heterocycles. The largest absolute Gasteiger partial charge is 0.325 e. The van der Waals surface area contributed by atoms with Crippen molar-refractivity contribution in [2.75, 3.05) is 10.6 Å².